The Balaban J connectivity index is 0.775. The molecule has 1 atom stereocenters. The fraction of sp³-hybridized carbons (Fsp3) is 0.390. The molecular formula is C41H39F4N9O4. The van der Waals surface area contributed by atoms with Crippen LogP contribution in [0.4, 0.5) is 29.1 Å². The molecule has 4 amide bonds. The summed E-state index contributed by atoms with van der Waals surface area (Å²) >= 11 is 0. The number of nitrogens with zero attached hydrogens (tertiary/aromatic N) is 8. The van der Waals surface area contributed by atoms with Gasteiger partial charge >= 0.3 is 6.18 Å². The summed E-state index contributed by atoms with van der Waals surface area (Å²) in [6.07, 6.45) is 2.97. The third kappa shape index (κ3) is 7.01. The topological polar surface area (TPSA) is 137 Å². The summed E-state index contributed by atoms with van der Waals surface area (Å²) in [5.41, 5.74) is 2.57. The summed E-state index contributed by atoms with van der Waals surface area (Å²) in [6.45, 7) is 4.16. The average molecular weight is 798 g/mol. The average Bonchev–Trinajstić information content (AvgIpc) is 3.65. The molecule has 1 aromatic carbocycles. The summed E-state index contributed by atoms with van der Waals surface area (Å²) in [6, 6.07) is 10.4. The number of carbonyl (C=O) groups excluding carboxylic acids is 4. The molecule has 0 radical (unpaired) electrons. The summed E-state index contributed by atoms with van der Waals surface area (Å²) < 4.78 is 57.3. The smallest absolute Gasteiger partial charge is 0.369 e. The number of aromatic nitrogens is 4. The molecular weight excluding hydrogens is 759 g/mol. The van der Waals surface area contributed by atoms with Crippen LogP contribution in [0.2, 0.25) is 0 Å². The van der Waals surface area contributed by atoms with Crippen LogP contribution in [0, 0.1) is 11.7 Å². The van der Waals surface area contributed by atoms with Crippen LogP contribution in [-0.2, 0) is 16.1 Å². The lowest BCUT2D eigenvalue weighted by molar-refractivity contribution is -0.139. The second-order valence-electron chi connectivity index (χ2n) is 15.4. The molecule has 0 bridgehead atoms. The largest absolute Gasteiger partial charge is 0.406 e. The molecule has 58 heavy (non-hydrogen) atoms. The van der Waals surface area contributed by atoms with Gasteiger partial charge in [0.1, 0.15) is 18.2 Å². The summed E-state index contributed by atoms with van der Waals surface area (Å²) in [5, 5.41) is 3.31. The number of piperidine rings is 2. The van der Waals surface area contributed by atoms with Crippen molar-refractivity contribution in [3.05, 3.63) is 78.0 Å². The van der Waals surface area contributed by atoms with Crippen molar-refractivity contribution in [3.8, 4) is 11.3 Å². The van der Waals surface area contributed by atoms with Gasteiger partial charge in [-0.1, -0.05) is 0 Å². The van der Waals surface area contributed by atoms with Crippen molar-refractivity contribution in [3.63, 3.8) is 0 Å². The Morgan fingerprint density at radius 3 is 2.33 bits per heavy atom. The number of imide groups is 2. The van der Waals surface area contributed by atoms with Gasteiger partial charge in [-0.15, -0.1) is 0 Å². The predicted molar refractivity (Wildman–Crippen MR) is 206 cm³/mol. The highest BCUT2D eigenvalue weighted by Crippen LogP contribution is 2.35. The van der Waals surface area contributed by atoms with Gasteiger partial charge in [-0.05, 0) is 80.6 Å². The quantitative estimate of drug-likeness (QED) is 0.165. The number of fused-ring (bicyclic) bond motifs is 4. The van der Waals surface area contributed by atoms with Gasteiger partial charge in [0.05, 0.1) is 22.3 Å². The van der Waals surface area contributed by atoms with Crippen LogP contribution >= 0.6 is 0 Å². The van der Waals surface area contributed by atoms with Crippen LogP contribution in [0.5, 0.6) is 0 Å². The van der Waals surface area contributed by atoms with Gasteiger partial charge in [-0.3, -0.25) is 39.3 Å². The van der Waals surface area contributed by atoms with E-state index in [2.05, 4.69) is 30.1 Å². The molecule has 0 spiro atoms. The minimum Gasteiger partial charge on any atom is -0.369 e. The Morgan fingerprint density at radius 2 is 1.59 bits per heavy atom. The van der Waals surface area contributed by atoms with Crippen molar-refractivity contribution < 1.29 is 36.7 Å². The number of hydrogen-bond donors (Lipinski definition) is 1. The molecule has 13 nitrogen and oxygen atoms in total. The highest BCUT2D eigenvalue weighted by molar-refractivity contribution is 6.23. The molecule has 4 aliphatic heterocycles. The summed E-state index contributed by atoms with van der Waals surface area (Å²) in [5.74, 6) is -1.88. The second kappa shape index (κ2) is 14.8. The molecule has 0 saturated carbocycles. The van der Waals surface area contributed by atoms with E-state index in [0.717, 1.165) is 67.1 Å². The first-order valence-electron chi connectivity index (χ1n) is 19.5. The molecule has 4 aromatic heterocycles. The fourth-order valence-electron chi connectivity index (χ4n) is 8.80. The van der Waals surface area contributed by atoms with E-state index >= 15 is 4.39 Å². The number of amides is 4. The number of nitrogens with one attached hydrogen (secondary N) is 1. The third-order valence-electron chi connectivity index (χ3n) is 11.9. The first-order chi connectivity index (χ1) is 27.9. The van der Waals surface area contributed by atoms with Crippen LogP contribution in [0.3, 0.4) is 0 Å². The number of hydrogen-bond acceptors (Lipinski definition) is 10. The van der Waals surface area contributed by atoms with Crippen molar-refractivity contribution >= 4 is 57.1 Å². The molecule has 4 aliphatic rings. The van der Waals surface area contributed by atoms with E-state index in [1.807, 2.05) is 11.0 Å². The van der Waals surface area contributed by atoms with Crippen molar-refractivity contribution in [1.82, 2.24) is 34.6 Å². The zero-order chi connectivity index (χ0) is 40.3. The Kier molecular flexibility index (Phi) is 9.57. The second-order valence-corrected chi connectivity index (χ2v) is 15.4. The number of carbonyl (C=O) groups is 4. The van der Waals surface area contributed by atoms with Crippen LogP contribution in [0.1, 0.15) is 52.8 Å². The molecule has 1 N–H and O–H groups in total. The normalized spacial score (nSPS) is 19.8. The van der Waals surface area contributed by atoms with Crippen LogP contribution < -0.4 is 15.1 Å². The maximum absolute atomic E-state index is 15.6. The molecule has 8 heterocycles. The number of pyridine rings is 3. The zero-order valence-corrected chi connectivity index (χ0v) is 31.3. The van der Waals surface area contributed by atoms with E-state index < -0.39 is 48.2 Å². The zero-order valence-electron chi connectivity index (χ0n) is 31.3. The predicted octanol–water partition coefficient (Wildman–Crippen LogP) is 5.18. The standard InChI is InChI=1S/C41H39F4N9O4/c42-31-19-25(32-4-3-27-30-22-46-11-7-33(30)53(36(27)48-32)23-41(43,44)45)21-47-37(31)52-13-9-24(10-14-52)8-12-50-15-17-51(18-16-50)26-1-2-28-29(20-26)40(58)54(39(28)57)34-5-6-35(55)49-38(34)56/h1-4,7,11,19-22,24,34H,5-6,8-10,12-18,23H2,(H,49,55,56). The van der Waals surface area contributed by atoms with Gasteiger partial charge in [0.25, 0.3) is 11.8 Å². The van der Waals surface area contributed by atoms with Gasteiger partial charge in [0.2, 0.25) is 11.8 Å². The van der Waals surface area contributed by atoms with Crippen LogP contribution in [0.15, 0.2) is 61.1 Å². The number of benzene rings is 1. The van der Waals surface area contributed by atoms with Crippen molar-refractivity contribution in [2.75, 3.05) is 55.6 Å². The number of halogens is 4. The minimum atomic E-state index is -4.47. The fourth-order valence-corrected chi connectivity index (χ4v) is 8.80. The van der Waals surface area contributed by atoms with E-state index in [1.165, 1.54) is 30.7 Å². The molecule has 17 heteroatoms. The van der Waals surface area contributed by atoms with Gasteiger partial charge in [-0.25, -0.2) is 14.4 Å². The third-order valence-corrected chi connectivity index (χ3v) is 11.9. The monoisotopic (exact) mass is 797 g/mol. The maximum Gasteiger partial charge on any atom is 0.406 e. The number of anilines is 2. The lowest BCUT2D eigenvalue weighted by Gasteiger charge is -2.38. The molecule has 1 unspecified atom stereocenters. The van der Waals surface area contributed by atoms with E-state index in [9.17, 15) is 32.3 Å². The molecule has 5 aromatic rings. The molecule has 0 aliphatic carbocycles. The van der Waals surface area contributed by atoms with E-state index in [1.54, 1.807) is 24.3 Å². The molecule has 9 rings (SSSR count). The van der Waals surface area contributed by atoms with Gasteiger partial charge in [0.15, 0.2) is 11.6 Å². The van der Waals surface area contributed by atoms with Gasteiger partial charge < -0.3 is 14.4 Å². The number of piperazine rings is 1. The lowest BCUT2D eigenvalue weighted by atomic mass is 9.93. The highest BCUT2D eigenvalue weighted by atomic mass is 19.4. The molecule has 300 valence electrons. The summed E-state index contributed by atoms with van der Waals surface area (Å²) in [4.78, 5) is 71.0. The molecule has 3 fully saturated rings. The SMILES string of the molecule is O=C1CCC(N2C(=O)c3ccc(N4CCN(CCC5CCN(c6ncc(-c7ccc8c9cnccc9n(CC(F)(F)F)c8n7)cc6F)CC5)CC4)cc3C2=O)C(=O)N1. The van der Waals surface area contributed by atoms with Crippen molar-refractivity contribution in [1.29, 1.82) is 0 Å². The van der Waals surface area contributed by atoms with Crippen LogP contribution in [0.25, 0.3) is 33.2 Å². The number of alkyl halides is 3. The van der Waals surface area contributed by atoms with E-state index in [-0.39, 0.29) is 35.4 Å². The lowest BCUT2D eigenvalue weighted by Crippen LogP contribution is -2.54. The Bertz CT molecular complexity index is 2470. The summed E-state index contributed by atoms with van der Waals surface area (Å²) in [7, 11) is 0. The number of rotatable bonds is 8. The van der Waals surface area contributed by atoms with E-state index in [4.69, 9.17) is 0 Å². The van der Waals surface area contributed by atoms with Crippen molar-refractivity contribution in [2.24, 2.45) is 5.92 Å². The Labute approximate surface area is 329 Å². The first kappa shape index (κ1) is 37.6. The maximum atomic E-state index is 15.6. The van der Waals surface area contributed by atoms with Gasteiger partial charge in [-0.2, -0.15) is 13.2 Å². The first-order valence-corrected chi connectivity index (χ1v) is 19.5. The van der Waals surface area contributed by atoms with Crippen molar-refractivity contribution in [2.45, 2.75) is 50.9 Å². The Hall–Kier alpha value is -5.97. The minimum absolute atomic E-state index is 0.0687. The molecule has 3 saturated heterocycles. The van der Waals surface area contributed by atoms with E-state index in [0.29, 0.717) is 46.6 Å². The highest BCUT2D eigenvalue weighted by Gasteiger charge is 2.45. The van der Waals surface area contributed by atoms with Crippen LogP contribution in [-0.4, -0.2) is 111 Å². The Morgan fingerprint density at radius 1 is 0.810 bits per heavy atom. The van der Waals surface area contributed by atoms with Gasteiger partial charge in [0, 0.05) is 86.3 Å².